The number of hydrogen-bond acceptors (Lipinski definition) is 9. The minimum Gasteiger partial charge on any atom is -0.368 e. The van der Waals surface area contributed by atoms with Gasteiger partial charge in [0.05, 0.1) is 12.1 Å². The minimum atomic E-state index is -0.649. The van der Waals surface area contributed by atoms with Gasteiger partial charge in [0.2, 0.25) is 23.6 Å². The molecule has 0 spiro atoms. The van der Waals surface area contributed by atoms with Gasteiger partial charge in [-0.15, -0.1) is 0 Å². The Morgan fingerprint density at radius 3 is 1.13 bits per heavy atom. The number of rotatable bonds is 45. The highest BCUT2D eigenvalue weighted by molar-refractivity contribution is 5.90. The standard InChI is InChI=1S/C48H93N7O6/c1-3-4-5-6-7-12-17-28-39(2)48(61)55-41(30-23-26-37-50)44(57)33-19-14-9-10-15-20-34-45(58)53-40(29-22-25-36-49)43(56)32-18-13-8-11-16-21-35-46(59)54-42(47(52)60)31-24-27-38-51/h39-42H,3-38,49-51H2,1-2H3,(H2,52,60)(H,53,58)(H,54,59)(H,55,61). The first-order chi connectivity index (χ1) is 29.5. The summed E-state index contributed by atoms with van der Waals surface area (Å²) in [7, 11) is 0. The second kappa shape index (κ2) is 41.1. The highest BCUT2D eigenvalue weighted by Crippen LogP contribution is 2.17. The van der Waals surface area contributed by atoms with E-state index in [9.17, 15) is 28.8 Å². The van der Waals surface area contributed by atoms with E-state index in [1.165, 1.54) is 32.1 Å². The Hall–Kier alpha value is -2.90. The van der Waals surface area contributed by atoms with Crippen LogP contribution in [0.1, 0.15) is 226 Å². The molecular formula is C48H93N7O6. The molecule has 11 N–H and O–H groups in total. The lowest BCUT2D eigenvalue weighted by Crippen LogP contribution is -2.44. The number of nitrogens with two attached hydrogens (primary N) is 4. The average Bonchev–Trinajstić information content (AvgIpc) is 3.23. The average molecular weight is 864 g/mol. The zero-order valence-electron chi connectivity index (χ0n) is 39.0. The quantitative estimate of drug-likeness (QED) is 0.0300. The number of carbonyl (C=O) groups excluding carboxylic acids is 6. The molecule has 0 saturated carbocycles. The molecule has 0 aliphatic heterocycles. The minimum absolute atomic E-state index is 0.0136. The van der Waals surface area contributed by atoms with Gasteiger partial charge in [-0.1, -0.05) is 110 Å². The monoisotopic (exact) mass is 864 g/mol. The van der Waals surface area contributed by atoms with Crippen LogP contribution in [0.3, 0.4) is 0 Å². The maximum atomic E-state index is 13.2. The Kier molecular flexibility index (Phi) is 39.2. The van der Waals surface area contributed by atoms with E-state index in [-0.39, 0.29) is 35.2 Å². The van der Waals surface area contributed by atoms with Crippen molar-refractivity contribution in [1.29, 1.82) is 0 Å². The smallest absolute Gasteiger partial charge is 0.239 e. The van der Waals surface area contributed by atoms with Crippen molar-refractivity contribution >= 4 is 35.2 Å². The van der Waals surface area contributed by atoms with Gasteiger partial charge >= 0.3 is 0 Å². The van der Waals surface area contributed by atoms with E-state index in [0.717, 1.165) is 135 Å². The molecule has 0 fully saturated rings. The van der Waals surface area contributed by atoms with Crippen molar-refractivity contribution in [2.75, 3.05) is 19.6 Å². The van der Waals surface area contributed by atoms with Gasteiger partial charge in [-0.05, 0) is 110 Å². The second-order valence-electron chi connectivity index (χ2n) is 17.5. The number of Topliss-reactive ketones (excluding diaryl/α,β-unsaturated/α-hetero) is 2. The van der Waals surface area contributed by atoms with E-state index in [2.05, 4.69) is 22.9 Å². The molecule has 0 saturated heterocycles. The molecule has 4 atom stereocenters. The fourth-order valence-corrected chi connectivity index (χ4v) is 7.71. The molecular weight excluding hydrogens is 771 g/mol. The summed E-state index contributed by atoms with van der Waals surface area (Å²) in [5.74, 6) is -0.687. The maximum Gasteiger partial charge on any atom is 0.239 e. The largest absolute Gasteiger partial charge is 0.368 e. The predicted octanol–water partition coefficient (Wildman–Crippen LogP) is 7.47. The lowest BCUT2D eigenvalue weighted by molar-refractivity contribution is -0.130. The van der Waals surface area contributed by atoms with Gasteiger partial charge in [-0.2, -0.15) is 0 Å². The Balaban J connectivity index is 4.41. The van der Waals surface area contributed by atoms with E-state index in [1.807, 2.05) is 6.92 Å². The molecule has 13 nitrogen and oxygen atoms in total. The first-order valence-corrected chi connectivity index (χ1v) is 24.8. The molecule has 0 aliphatic rings. The van der Waals surface area contributed by atoms with Gasteiger partial charge < -0.3 is 38.9 Å². The van der Waals surface area contributed by atoms with Gasteiger partial charge in [0, 0.05) is 31.6 Å². The topological polar surface area (TPSA) is 243 Å². The fraction of sp³-hybridized carbons (Fsp3) is 0.875. The molecule has 0 radical (unpaired) electrons. The van der Waals surface area contributed by atoms with Gasteiger partial charge in [-0.25, -0.2) is 0 Å². The van der Waals surface area contributed by atoms with Crippen molar-refractivity contribution in [3.8, 4) is 0 Å². The third kappa shape index (κ3) is 34.3. The van der Waals surface area contributed by atoms with Gasteiger partial charge in [-0.3, -0.25) is 28.8 Å². The third-order valence-electron chi connectivity index (χ3n) is 11.8. The Morgan fingerprint density at radius 2 is 0.721 bits per heavy atom. The Morgan fingerprint density at radius 1 is 0.393 bits per heavy atom. The molecule has 0 bridgehead atoms. The number of ketones is 2. The normalized spacial score (nSPS) is 13.3. The van der Waals surface area contributed by atoms with Crippen LogP contribution < -0.4 is 38.9 Å². The van der Waals surface area contributed by atoms with E-state index in [4.69, 9.17) is 22.9 Å². The molecule has 0 aromatic carbocycles. The van der Waals surface area contributed by atoms with Crippen molar-refractivity contribution in [3.05, 3.63) is 0 Å². The summed E-state index contributed by atoms with van der Waals surface area (Å²) in [5, 5.41) is 8.82. The lowest BCUT2D eigenvalue weighted by Gasteiger charge is -2.20. The van der Waals surface area contributed by atoms with Crippen LogP contribution in [-0.2, 0) is 28.8 Å². The zero-order valence-corrected chi connectivity index (χ0v) is 39.0. The summed E-state index contributed by atoms with van der Waals surface area (Å²) >= 11 is 0. The SMILES string of the molecule is CCCCCCCCCC(C)C(=O)NC(CCCCN)C(=O)CCCCCCCCC(=O)NC(CCCCN)C(=O)CCCCCCCCC(=O)NC(CCCCN)C(N)=O. The van der Waals surface area contributed by atoms with Gasteiger partial charge in [0.15, 0.2) is 11.6 Å². The summed E-state index contributed by atoms with van der Waals surface area (Å²) in [5.41, 5.74) is 22.3. The summed E-state index contributed by atoms with van der Waals surface area (Å²) in [4.78, 5) is 76.0. The highest BCUT2D eigenvalue weighted by Gasteiger charge is 2.23. The number of nitrogens with one attached hydrogen (secondary N) is 3. The highest BCUT2D eigenvalue weighted by atomic mass is 16.2. The first kappa shape index (κ1) is 58.1. The number of unbranched alkanes of at least 4 members (excludes halogenated alkanes) is 19. The van der Waals surface area contributed by atoms with Crippen molar-refractivity contribution in [2.24, 2.45) is 28.9 Å². The summed E-state index contributed by atoms with van der Waals surface area (Å²) < 4.78 is 0. The molecule has 0 aliphatic carbocycles. The number of hydrogen-bond donors (Lipinski definition) is 7. The molecule has 61 heavy (non-hydrogen) atoms. The van der Waals surface area contributed by atoms with Crippen LogP contribution in [0.25, 0.3) is 0 Å². The van der Waals surface area contributed by atoms with E-state index in [0.29, 0.717) is 64.6 Å². The van der Waals surface area contributed by atoms with Crippen molar-refractivity contribution in [3.63, 3.8) is 0 Å². The first-order valence-electron chi connectivity index (χ1n) is 24.8. The molecule has 0 aromatic heterocycles. The fourth-order valence-electron chi connectivity index (χ4n) is 7.71. The lowest BCUT2D eigenvalue weighted by atomic mass is 9.97. The Labute approximate surface area is 371 Å². The molecule has 4 unspecified atom stereocenters. The number of primary amides is 1. The summed E-state index contributed by atoms with van der Waals surface area (Å²) in [6.07, 6.45) is 28.1. The van der Waals surface area contributed by atoms with Crippen LogP contribution in [0, 0.1) is 5.92 Å². The van der Waals surface area contributed by atoms with Crippen molar-refractivity contribution < 1.29 is 28.8 Å². The van der Waals surface area contributed by atoms with Gasteiger partial charge in [0.25, 0.3) is 0 Å². The van der Waals surface area contributed by atoms with Crippen LogP contribution in [-0.4, -0.2) is 73.0 Å². The van der Waals surface area contributed by atoms with Crippen LogP contribution >= 0.6 is 0 Å². The molecule has 0 aromatic rings. The Bertz CT molecular complexity index is 1160. The van der Waals surface area contributed by atoms with Crippen molar-refractivity contribution in [2.45, 2.75) is 244 Å². The van der Waals surface area contributed by atoms with Crippen LogP contribution in [0.4, 0.5) is 0 Å². The van der Waals surface area contributed by atoms with Crippen LogP contribution in [0.5, 0.6) is 0 Å². The second-order valence-corrected chi connectivity index (χ2v) is 17.5. The van der Waals surface area contributed by atoms with Crippen molar-refractivity contribution in [1.82, 2.24) is 16.0 Å². The molecule has 0 heterocycles. The van der Waals surface area contributed by atoms with Crippen LogP contribution in [0.15, 0.2) is 0 Å². The number of carbonyl (C=O) groups is 6. The molecule has 0 rings (SSSR count). The summed E-state index contributed by atoms with van der Waals surface area (Å²) in [6, 6.07) is -1.57. The molecule has 13 heteroatoms. The molecule has 356 valence electrons. The van der Waals surface area contributed by atoms with Crippen LogP contribution in [0.2, 0.25) is 0 Å². The van der Waals surface area contributed by atoms with E-state index < -0.39 is 24.0 Å². The summed E-state index contributed by atoms with van der Waals surface area (Å²) in [6.45, 7) is 5.86. The third-order valence-corrected chi connectivity index (χ3v) is 11.8. The van der Waals surface area contributed by atoms with Gasteiger partial charge in [0.1, 0.15) is 6.04 Å². The maximum absolute atomic E-state index is 13.2. The van der Waals surface area contributed by atoms with E-state index >= 15 is 0 Å². The molecule has 4 amide bonds. The predicted molar refractivity (Wildman–Crippen MR) is 249 cm³/mol. The van der Waals surface area contributed by atoms with E-state index in [1.54, 1.807) is 0 Å². The zero-order chi connectivity index (χ0) is 45.4. The number of amides is 4.